The highest BCUT2D eigenvalue weighted by Gasteiger charge is 2.14. The number of alkyl halides is 1. The molecule has 0 fully saturated rings. The molecule has 12 heavy (non-hydrogen) atoms. The van der Waals surface area contributed by atoms with Crippen LogP contribution in [0.25, 0.3) is 0 Å². The number of carbonyl (C=O) groups excluding carboxylic acids is 1. The lowest BCUT2D eigenvalue weighted by atomic mass is 10.1. The molecule has 0 rings (SSSR count). The van der Waals surface area contributed by atoms with Gasteiger partial charge in [-0.2, -0.15) is 0 Å². The van der Waals surface area contributed by atoms with Crippen molar-refractivity contribution >= 4 is 17.5 Å². The van der Waals surface area contributed by atoms with Crippen molar-refractivity contribution in [1.82, 2.24) is 5.32 Å². The molecule has 0 aromatic heterocycles. The zero-order valence-electron chi connectivity index (χ0n) is 7.51. The number of rotatable bonds is 5. The van der Waals surface area contributed by atoms with Gasteiger partial charge in [0.05, 0.1) is 12.6 Å². The Hall–Kier alpha value is -0.280. The third-order valence-corrected chi connectivity index (χ3v) is 2.20. The minimum Gasteiger partial charge on any atom is -0.394 e. The molecule has 0 aromatic rings. The van der Waals surface area contributed by atoms with E-state index < -0.39 is 0 Å². The van der Waals surface area contributed by atoms with Crippen molar-refractivity contribution < 1.29 is 9.90 Å². The first-order chi connectivity index (χ1) is 5.65. The highest BCUT2D eigenvalue weighted by molar-refractivity contribution is 6.19. The van der Waals surface area contributed by atoms with E-state index in [1.807, 2.05) is 6.92 Å². The largest absolute Gasteiger partial charge is 0.394 e. The van der Waals surface area contributed by atoms with Crippen molar-refractivity contribution in [2.75, 3.05) is 12.5 Å². The fourth-order valence-corrected chi connectivity index (χ4v) is 0.830. The van der Waals surface area contributed by atoms with Gasteiger partial charge in [-0.05, 0) is 6.42 Å². The first-order valence-corrected chi connectivity index (χ1v) is 4.66. The molecule has 1 amide bonds. The second kappa shape index (κ2) is 6.26. The number of nitrogens with one attached hydrogen (secondary N) is 1. The Bertz CT molecular complexity index is 137. The fourth-order valence-electron chi connectivity index (χ4n) is 0.690. The van der Waals surface area contributed by atoms with Gasteiger partial charge < -0.3 is 10.4 Å². The molecule has 4 heteroatoms. The lowest BCUT2D eigenvalue weighted by Gasteiger charge is -2.16. The molecule has 0 aliphatic carbocycles. The second-order valence-electron chi connectivity index (χ2n) is 2.85. The van der Waals surface area contributed by atoms with Crippen LogP contribution in [0, 0.1) is 5.92 Å². The van der Waals surface area contributed by atoms with Crippen LogP contribution in [-0.4, -0.2) is 29.5 Å². The lowest BCUT2D eigenvalue weighted by Crippen LogP contribution is -2.40. The van der Waals surface area contributed by atoms with Gasteiger partial charge in [0.25, 0.3) is 0 Å². The van der Waals surface area contributed by atoms with E-state index in [1.54, 1.807) is 6.92 Å². The summed E-state index contributed by atoms with van der Waals surface area (Å²) < 4.78 is 0. The molecule has 2 N–H and O–H groups in total. The van der Waals surface area contributed by atoms with Crippen molar-refractivity contribution in [3.8, 4) is 0 Å². The van der Waals surface area contributed by atoms with Crippen LogP contribution in [-0.2, 0) is 4.79 Å². The summed E-state index contributed by atoms with van der Waals surface area (Å²) in [5, 5.41) is 11.5. The maximum atomic E-state index is 11.2. The second-order valence-corrected chi connectivity index (χ2v) is 3.16. The molecular weight excluding hydrogens is 178 g/mol. The molecule has 0 radical (unpaired) electrons. The topological polar surface area (TPSA) is 49.3 Å². The molecule has 3 nitrogen and oxygen atoms in total. The normalized spacial score (nSPS) is 15.3. The SMILES string of the molecule is CC[C@H](CO)NC(=O)C(C)CCl. The van der Waals surface area contributed by atoms with E-state index in [1.165, 1.54) is 0 Å². The Kier molecular flexibility index (Phi) is 6.11. The van der Waals surface area contributed by atoms with Gasteiger partial charge in [0.1, 0.15) is 0 Å². The smallest absolute Gasteiger partial charge is 0.224 e. The fraction of sp³-hybridized carbons (Fsp3) is 0.875. The molecule has 0 aliphatic heterocycles. The van der Waals surface area contributed by atoms with Gasteiger partial charge in [-0.15, -0.1) is 11.6 Å². The molecular formula is C8H16ClNO2. The Morgan fingerprint density at radius 1 is 1.67 bits per heavy atom. The van der Waals surface area contributed by atoms with E-state index >= 15 is 0 Å². The number of hydrogen-bond donors (Lipinski definition) is 2. The van der Waals surface area contributed by atoms with Crippen LogP contribution in [0.1, 0.15) is 20.3 Å². The average Bonchev–Trinajstić information content (AvgIpc) is 2.12. The summed E-state index contributed by atoms with van der Waals surface area (Å²) in [6, 6.07) is -0.136. The number of amides is 1. The Labute approximate surface area is 78.1 Å². The molecule has 72 valence electrons. The standard InChI is InChI=1S/C8H16ClNO2/c1-3-7(5-11)10-8(12)6(2)4-9/h6-7,11H,3-5H2,1-2H3,(H,10,12)/t6?,7-/m1/s1. The summed E-state index contributed by atoms with van der Waals surface area (Å²) in [5.74, 6) is 0.0337. The Morgan fingerprint density at radius 3 is 2.58 bits per heavy atom. The third kappa shape index (κ3) is 3.93. The molecule has 1 unspecified atom stereocenters. The predicted octanol–water partition coefficient (Wildman–Crippen LogP) is 0.748. The van der Waals surface area contributed by atoms with Gasteiger partial charge in [-0.1, -0.05) is 13.8 Å². The van der Waals surface area contributed by atoms with Crippen molar-refractivity contribution in [3.05, 3.63) is 0 Å². The molecule has 0 aromatic carbocycles. The summed E-state index contributed by atoms with van der Waals surface area (Å²) >= 11 is 5.49. The van der Waals surface area contributed by atoms with E-state index in [4.69, 9.17) is 16.7 Å². The Morgan fingerprint density at radius 2 is 2.25 bits per heavy atom. The number of carbonyl (C=O) groups is 1. The molecule has 2 atom stereocenters. The summed E-state index contributed by atoms with van der Waals surface area (Å²) in [6.07, 6.45) is 0.733. The molecule has 0 aliphatic rings. The van der Waals surface area contributed by atoms with Crippen LogP contribution in [0.4, 0.5) is 0 Å². The number of hydrogen-bond acceptors (Lipinski definition) is 2. The molecule has 0 saturated heterocycles. The van der Waals surface area contributed by atoms with Crippen LogP contribution in [0.2, 0.25) is 0 Å². The van der Waals surface area contributed by atoms with E-state index in [2.05, 4.69) is 5.32 Å². The van der Waals surface area contributed by atoms with Gasteiger partial charge in [-0.25, -0.2) is 0 Å². The van der Waals surface area contributed by atoms with Gasteiger partial charge in [0.15, 0.2) is 0 Å². The average molecular weight is 194 g/mol. The zero-order chi connectivity index (χ0) is 9.56. The van der Waals surface area contributed by atoms with E-state index in [9.17, 15) is 4.79 Å². The van der Waals surface area contributed by atoms with Gasteiger partial charge in [-0.3, -0.25) is 4.79 Å². The highest BCUT2D eigenvalue weighted by Crippen LogP contribution is 1.99. The van der Waals surface area contributed by atoms with Crippen LogP contribution in [0.3, 0.4) is 0 Å². The van der Waals surface area contributed by atoms with E-state index in [-0.39, 0.29) is 24.5 Å². The Balaban J connectivity index is 3.81. The summed E-state index contributed by atoms with van der Waals surface area (Å²) in [7, 11) is 0. The molecule has 0 bridgehead atoms. The monoisotopic (exact) mass is 193 g/mol. The van der Waals surface area contributed by atoms with Crippen LogP contribution in [0.15, 0.2) is 0 Å². The van der Waals surface area contributed by atoms with Crippen LogP contribution in [0.5, 0.6) is 0 Å². The minimum absolute atomic E-state index is 0.0166. The number of aliphatic hydroxyl groups is 1. The van der Waals surface area contributed by atoms with Crippen LogP contribution < -0.4 is 5.32 Å². The van der Waals surface area contributed by atoms with E-state index in [0.717, 1.165) is 6.42 Å². The highest BCUT2D eigenvalue weighted by atomic mass is 35.5. The molecule has 0 saturated carbocycles. The van der Waals surface area contributed by atoms with Crippen LogP contribution >= 0.6 is 11.6 Å². The predicted molar refractivity (Wildman–Crippen MR) is 49.2 cm³/mol. The lowest BCUT2D eigenvalue weighted by molar-refractivity contribution is -0.124. The maximum absolute atomic E-state index is 11.2. The van der Waals surface area contributed by atoms with Gasteiger partial charge in [0, 0.05) is 11.8 Å². The molecule has 0 heterocycles. The van der Waals surface area contributed by atoms with Gasteiger partial charge >= 0.3 is 0 Å². The minimum atomic E-state index is -0.188. The van der Waals surface area contributed by atoms with Crippen molar-refractivity contribution in [2.45, 2.75) is 26.3 Å². The quantitative estimate of drug-likeness (QED) is 0.634. The van der Waals surface area contributed by atoms with Gasteiger partial charge in [0.2, 0.25) is 5.91 Å². The molecule has 0 spiro atoms. The summed E-state index contributed by atoms with van der Waals surface area (Å²) in [5.41, 5.74) is 0. The maximum Gasteiger partial charge on any atom is 0.224 e. The first-order valence-electron chi connectivity index (χ1n) is 4.12. The first kappa shape index (κ1) is 11.7. The van der Waals surface area contributed by atoms with Crippen molar-refractivity contribution in [3.63, 3.8) is 0 Å². The third-order valence-electron chi connectivity index (χ3n) is 1.74. The number of halogens is 1. The van der Waals surface area contributed by atoms with E-state index in [0.29, 0.717) is 5.88 Å². The number of aliphatic hydroxyl groups excluding tert-OH is 1. The summed E-state index contributed by atoms with van der Waals surface area (Å²) in [4.78, 5) is 11.2. The zero-order valence-corrected chi connectivity index (χ0v) is 8.27. The van der Waals surface area contributed by atoms with Crippen molar-refractivity contribution in [1.29, 1.82) is 0 Å². The summed E-state index contributed by atoms with van der Waals surface area (Å²) in [6.45, 7) is 3.65. The van der Waals surface area contributed by atoms with Crippen molar-refractivity contribution in [2.24, 2.45) is 5.92 Å².